The molecule has 2 aromatic carbocycles. The number of rotatable bonds is 2. The van der Waals surface area contributed by atoms with Crippen molar-refractivity contribution in [3.8, 4) is 17.2 Å². The first-order valence-corrected chi connectivity index (χ1v) is 7.32. The van der Waals surface area contributed by atoms with Crippen LogP contribution < -0.4 is 0 Å². The summed E-state index contributed by atoms with van der Waals surface area (Å²) in [6, 6.07) is 11.5. The highest BCUT2D eigenvalue weighted by Gasteiger charge is 2.36. The Morgan fingerprint density at radius 2 is 1.62 bits per heavy atom. The molecule has 0 N–H and O–H groups in total. The van der Waals surface area contributed by atoms with Crippen molar-refractivity contribution in [3.05, 3.63) is 60.2 Å². The van der Waals surface area contributed by atoms with E-state index >= 15 is 0 Å². The zero-order valence-corrected chi connectivity index (χ0v) is 12.8. The third kappa shape index (κ3) is 2.85. The average Bonchev–Trinajstić information content (AvgIpc) is 3.10. The van der Waals surface area contributed by atoms with Gasteiger partial charge in [0.05, 0.1) is 5.52 Å². The predicted molar refractivity (Wildman–Crippen MR) is 82.6 cm³/mol. The number of halogens is 4. The molecule has 0 saturated carbocycles. The molecule has 0 amide bonds. The molecular weight excluding hydrogens is 352 g/mol. The average molecular weight is 360 g/mol. The van der Waals surface area contributed by atoms with Crippen LogP contribution in [0.4, 0.5) is 17.6 Å². The van der Waals surface area contributed by atoms with E-state index in [1.807, 2.05) is 0 Å². The van der Waals surface area contributed by atoms with Gasteiger partial charge in [0.25, 0.3) is 0 Å². The van der Waals surface area contributed by atoms with Gasteiger partial charge in [0.15, 0.2) is 5.82 Å². The minimum Gasteiger partial charge on any atom is -0.224 e. The predicted octanol–water partition coefficient (Wildman–Crippen LogP) is 3.43. The van der Waals surface area contributed by atoms with E-state index in [1.165, 1.54) is 30.3 Å². The normalized spacial score (nSPS) is 11.8. The maximum absolute atomic E-state index is 13.1. The number of alkyl halides is 3. The van der Waals surface area contributed by atoms with Gasteiger partial charge in [-0.15, -0.1) is 15.0 Å². The van der Waals surface area contributed by atoms with Gasteiger partial charge in [0.2, 0.25) is 11.6 Å². The van der Waals surface area contributed by atoms with E-state index in [0.717, 1.165) is 4.80 Å². The summed E-state index contributed by atoms with van der Waals surface area (Å²) in [6.07, 6.45) is -4.72. The topological polar surface area (TPSA) is 69.4 Å². The summed E-state index contributed by atoms with van der Waals surface area (Å²) in [7, 11) is 0. The summed E-state index contributed by atoms with van der Waals surface area (Å²) in [5.41, 5.74) is 0.567. The lowest BCUT2D eigenvalue weighted by Crippen LogP contribution is -2.15. The third-order valence-electron chi connectivity index (χ3n) is 3.54. The second-order valence-corrected chi connectivity index (χ2v) is 5.30. The molecule has 6 nitrogen and oxygen atoms in total. The van der Waals surface area contributed by atoms with Gasteiger partial charge in [-0.2, -0.15) is 13.2 Å². The molecule has 0 aliphatic heterocycles. The summed E-state index contributed by atoms with van der Waals surface area (Å²) in [4.78, 5) is 8.01. The lowest BCUT2D eigenvalue weighted by molar-refractivity contribution is -0.144. The molecule has 0 aliphatic rings. The molecular formula is C16H8F4N6. The SMILES string of the molecule is Fc1ccc(-c2nnn(-c3nc(C(F)(F)F)nc4ccccc34)n2)cc1. The molecule has 4 rings (SSSR count). The third-order valence-corrected chi connectivity index (χ3v) is 3.54. The Labute approximate surface area is 143 Å². The minimum atomic E-state index is -4.72. The first kappa shape index (κ1) is 16.1. The second-order valence-electron chi connectivity index (χ2n) is 5.30. The summed E-state index contributed by atoms with van der Waals surface area (Å²) < 4.78 is 52.3. The first-order valence-electron chi connectivity index (χ1n) is 7.32. The lowest BCUT2D eigenvalue weighted by Gasteiger charge is -2.09. The minimum absolute atomic E-state index is 0.102. The van der Waals surface area contributed by atoms with Gasteiger partial charge in [-0.05, 0) is 41.6 Å². The van der Waals surface area contributed by atoms with Gasteiger partial charge in [0.1, 0.15) is 5.82 Å². The summed E-state index contributed by atoms with van der Waals surface area (Å²) in [5.74, 6) is -1.75. The van der Waals surface area contributed by atoms with E-state index in [9.17, 15) is 17.6 Å². The lowest BCUT2D eigenvalue weighted by atomic mass is 10.2. The van der Waals surface area contributed by atoms with Crippen LogP contribution in [0.2, 0.25) is 0 Å². The van der Waals surface area contributed by atoms with Gasteiger partial charge >= 0.3 is 6.18 Å². The maximum Gasteiger partial charge on any atom is 0.451 e. The van der Waals surface area contributed by atoms with Crippen LogP contribution in [0.3, 0.4) is 0 Å². The number of nitrogens with zero attached hydrogens (tertiary/aromatic N) is 6. The zero-order chi connectivity index (χ0) is 18.3. The largest absolute Gasteiger partial charge is 0.451 e. The molecule has 0 unspecified atom stereocenters. The van der Waals surface area contributed by atoms with E-state index in [-0.39, 0.29) is 17.2 Å². The monoisotopic (exact) mass is 360 g/mol. The van der Waals surface area contributed by atoms with Crippen molar-refractivity contribution in [1.82, 2.24) is 30.2 Å². The Balaban J connectivity index is 1.87. The molecule has 0 fully saturated rings. The van der Waals surface area contributed by atoms with E-state index in [0.29, 0.717) is 10.9 Å². The Bertz CT molecular complexity index is 1090. The highest BCUT2D eigenvalue weighted by Crippen LogP contribution is 2.29. The number of fused-ring (bicyclic) bond motifs is 1. The van der Waals surface area contributed by atoms with Gasteiger partial charge < -0.3 is 0 Å². The van der Waals surface area contributed by atoms with Crippen LogP contribution in [0.1, 0.15) is 5.82 Å². The quantitative estimate of drug-likeness (QED) is 0.512. The Morgan fingerprint density at radius 1 is 0.885 bits per heavy atom. The van der Waals surface area contributed by atoms with Crippen molar-refractivity contribution in [1.29, 1.82) is 0 Å². The Morgan fingerprint density at radius 3 is 2.35 bits per heavy atom. The molecule has 0 radical (unpaired) electrons. The first-order chi connectivity index (χ1) is 12.4. The Kier molecular flexibility index (Phi) is 3.60. The maximum atomic E-state index is 13.1. The molecule has 2 aromatic heterocycles. The number of tetrazole rings is 1. The molecule has 2 heterocycles. The van der Waals surface area contributed by atoms with Crippen molar-refractivity contribution < 1.29 is 17.6 Å². The number of aromatic nitrogens is 6. The van der Waals surface area contributed by atoms with E-state index < -0.39 is 17.8 Å². The molecule has 0 aliphatic carbocycles. The number of hydrogen-bond acceptors (Lipinski definition) is 5. The standard InChI is InChI=1S/C16H8F4N6/c17-10-7-5-9(6-8-10)13-23-25-26(24-13)14-11-3-1-2-4-12(11)21-15(22-14)16(18,19)20/h1-8H. The van der Waals surface area contributed by atoms with Crippen molar-refractivity contribution >= 4 is 10.9 Å². The second kappa shape index (κ2) is 5.83. The Hall–Kier alpha value is -3.43. The number of hydrogen-bond donors (Lipinski definition) is 0. The number of para-hydroxylation sites is 1. The van der Waals surface area contributed by atoms with Gasteiger partial charge in [-0.1, -0.05) is 12.1 Å². The van der Waals surface area contributed by atoms with E-state index in [2.05, 4.69) is 25.4 Å². The van der Waals surface area contributed by atoms with E-state index in [4.69, 9.17) is 0 Å². The zero-order valence-electron chi connectivity index (χ0n) is 12.8. The van der Waals surface area contributed by atoms with Crippen molar-refractivity contribution in [2.24, 2.45) is 0 Å². The van der Waals surface area contributed by atoms with E-state index in [1.54, 1.807) is 18.2 Å². The fourth-order valence-electron chi connectivity index (χ4n) is 2.36. The fraction of sp³-hybridized carbons (Fsp3) is 0.0625. The molecule has 130 valence electrons. The van der Waals surface area contributed by atoms with Crippen LogP contribution >= 0.6 is 0 Å². The fourth-order valence-corrected chi connectivity index (χ4v) is 2.36. The molecule has 4 aromatic rings. The van der Waals surface area contributed by atoms with Gasteiger partial charge in [0, 0.05) is 10.9 Å². The highest BCUT2D eigenvalue weighted by molar-refractivity contribution is 5.85. The van der Waals surface area contributed by atoms with Crippen LogP contribution in [0.15, 0.2) is 48.5 Å². The molecule has 10 heteroatoms. The molecule has 26 heavy (non-hydrogen) atoms. The van der Waals surface area contributed by atoms with Crippen LogP contribution in [-0.2, 0) is 6.18 Å². The van der Waals surface area contributed by atoms with Gasteiger partial charge in [-0.25, -0.2) is 14.4 Å². The summed E-state index contributed by atoms with van der Waals surface area (Å²) in [5, 5.41) is 12.0. The molecule has 0 atom stereocenters. The molecule has 0 spiro atoms. The van der Waals surface area contributed by atoms with Crippen LogP contribution in [0, 0.1) is 5.82 Å². The van der Waals surface area contributed by atoms with Gasteiger partial charge in [-0.3, -0.25) is 0 Å². The van der Waals surface area contributed by atoms with Crippen LogP contribution in [0.5, 0.6) is 0 Å². The highest BCUT2D eigenvalue weighted by atomic mass is 19.4. The summed E-state index contributed by atoms with van der Waals surface area (Å²) >= 11 is 0. The summed E-state index contributed by atoms with van der Waals surface area (Å²) in [6.45, 7) is 0. The van der Waals surface area contributed by atoms with Crippen LogP contribution in [0.25, 0.3) is 28.1 Å². The van der Waals surface area contributed by atoms with Crippen molar-refractivity contribution in [2.75, 3.05) is 0 Å². The molecule has 0 saturated heterocycles. The number of benzene rings is 2. The van der Waals surface area contributed by atoms with Crippen molar-refractivity contribution in [2.45, 2.75) is 6.18 Å². The molecule has 0 bridgehead atoms. The smallest absolute Gasteiger partial charge is 0.224 e. The van der Waals surface area contributed by atoms with Crippen LogP contribution in [-0.4, -0.2) is 30.2 Å². The van der Waals surface area contributed by atoms with Crippen molar-refractivity contribution in [3.63, 3.8) is 0 Å².